The number of rotatable bonds is 7. The highest BCUT2D eigenvalue weighted by molar-refractivity contribution is 7.89. The highest BCUT2D eigenvalue weighted by Crippen LogP contribution is 2.67. The first kappa shape index (κ1) is 27.8. The van der Waals surface area contributed by atoms with Crippen LogP contribution in [0.15, 0.2) is 47.4 Å². The van der Waals surface area contributed by atoms with E-state index in [9.17, 15) is 18.0 Å². The lowest BCUT2D eigenvalue weighted by molar-refractivity contribution is -0.160. The van der Waals surface area contributed by atoms with E-state index in [1.807, 2.05) is 12.1 Å². The number of hydrogen-bond donors (Lipinski definition) is 1. The fourth-order valence-corrected chi connectivity index (χ4v) is 8.37. The van der Waals surface area contributed by atoms with Gasteiger partial charge >= 0.3 is 11.9 Å². The van der Waals surface area contributed by atoms with Gasteiger partial charge in [-0.25, -0.2) is 18.4 Å². The minimum absolute atomic E-state index is 0.000534. The van der Waals surface area contributed by atoms with Crippen LogP contribution < -0.4 is 9.88 Å². The third kappa shape index (κ3) is 5.13. The molecule has 5 rings (SSSR count). The molecule has 0 spiro atoms. The number of benzene rings is 2. The summed E-state index contributed by atoms with van der Waals surface area (Å²) in [6.45, 7) is 6.86. The average molecular weight is 554 g/mol. The first-order valence-electron chi connectivity index (χ1n) is 14.1. The summed E-state index contributed by atoms with van der Waals surface area (Å²) in [5.41, 5.74) is 2.78. The van der Waals surface area contributed by atoms with Crippen molar-refractivity contribution in [1.29, 1.82) is 0 Å². The molecule has 3 aliphatic carbocycles. The number of aryl methyl sites for hydroxylation is 1. The zero-order valence-electron chi connectivity index (χ0n) is 23.1. The van der Waals surface area contributed by atoms with Gasteiger partial charge in [-0.2, -0.15) is 0 Å². The van der Waals surface area contributed by atoms with E-state index in [0.29, 0.717) is 24.0 Å². The van der Waals surface area contributed by atoms with Crippen molar-refractivity contribution in [3.63, 3.8) is 0 Å². The molecule has 0 aromatic heterocycles. The lowest BCUT2D eigenvalue weighted by atomic mass is 9.48. The second-order valence-electron chi connectivity index (χ2n) is 12.1. The van der Waals surface area contributed by atoms with E-state index >= 15 is 0 Å². The number of fused-ring (bicyclic) bond motifs is 5. The highest BCUT2D eigenvalue weighted by atomic mass is 32.2. The molecule has 39 heavy (non-hydrogen) atoms. The van der Waals surface area contributed by atoms with Crippen LogP contribution >= 0.6 is 0 Å². The normalized spacial score (nSPS) is 29.6. The van der Waals surface area contributed by atoms with E-state index in [1.54, 1.807) is 0 Å². The van der Waals surface area contributed by atoms with E-state index in [-0.39, 0.29) is 33.4 Å². The Morgan fingerprint density at radius 2 is 1.82 bits per heavy atom. The van der Waals surface area contributed by atoms with Crippen molar-refractivity contribution in [2.24, 2.45) is 21.9 Å². The number of primary sulfonamides is 1. The molecule has 0 amide bonds. The predicted molar refractivity (Wildman–Crippen MR) is 148 cm³/mol. The summed E-state index contributed by atoms with van der Waals surface area (Å²) in [7, 11) is -3.92. The number of esters is 2. The van der Waals surface area contributed by atoms with Crippen LogP contribution in [0.3, 0.4) is 0 Å². The molecule has 2 fully saturated rings. The van der Waals surface area contributed by atoms with Gasteiger partial charge in [0, 0.05) is 11.8 Å². The maximum absolute atomic E-state index is 12.8. The van der Waals surface area contributed by atoms with Crippen molar-refractivity contribution in [3.8, 4) is 5.75 Å². The molecule has 8 heteroatoms. The Labute approximate surface area is 231 Å². The van der Waals surface area contributed by atoms with Crippen molar-refractivity contribution < 1.29 is 27.5 Å². The minimum Gasteiger partial charge on any atom is -0.462 e. The number of hydrogen-bond acceptors (Lipinski definition) is 6. The van der Waals surface area contributed by atoms with Gasteiger partial charge in [-0.15, -0.1) is 0 Å². The van der Waals surface area contributed by atoms with Crippen LogP contribution in [0.1, 0.15) is 99.5 Å². The Morgan fingerprint density at radius 1 is 1.03 bits per heavy atom. The molecule has 2 N–H and O–H groups in total. The molecule has 0 saturated heterocycles. The van der Waals surface area contributed by atoms with Crippen molar-refractivity contribution in [2.45, 2.75) is 95.5 Å². The molecule has 7 nitrogen and oxygen atoms in total. The first-order chi connectivity index (χ1) is 18.5. The molecule has 0 radical (unpaired) electrons. The quantitative estimate of drug-likeness (QED) is 0.337. The maximum Gasteiger partial charge on any atom is 0.343 e. The Balaban J connectivity index is 1.32. The van der Waals surface area contributed by atoms with Gasteiger partial charge in [-0.3, -0.25) is 4.79 Å². The molecule has 0 heterocycles. The van der Waals surface area contributed by atoms with Gasteiger partial charge in [0.25, 0.3) is 0 Å². The summed E-state index contributed by atoms with van der Waals surface area (Å²) in [5, 5.41) is 5.20. The number of unbranched alkanes of at least 4 members (excludes halogenated alkanes) is 1. The number of carbonyl (C=O) groups is 2. The Hall–Kier alpha value is -2.71. The summed E-state index contributed by atoms with van der Waals surface area (Å²) < 4.78 is 35.0. The van der Waals surface area contributed by atoms with E-state index in [4.69, 9.17) is 14.6 Å². The van der Waals surface area contributed by atoms with Gasteiger partial charge in [0.15, 0.2) is 0 Å². The fourth-order valence-electron chi connectivity index (χ4n) is 7.81. The van der Waals surface area contributed by atoms with Gasteiger partial charge in [0.05, 0.1) is 10.5 Å². The smallest absolute Gasteiger partial charge is 0.343 e. The first-order valence-corrected chi connectivity index (χ1v) is 15.7. The summed E-state index contributed by atoms with van der Waals surface area (Å²) in [6.07, 6.45) is 8.39. The lowest BCUT2D eigenvalue weighted by Crippen LogP contribution is -2.50. The lowest BCUT2D eigenvalue weighted by Gasteiger charge is -2.57. The van der Waals surface area contributed by atoms with Crippen LogP contribution in [0.4, 0.5) is 0 Å². The Kier molecular flexibility index (Phi) is 7.40. The summed E-state index contributed by atoms with van der Waals surface area (Å²) in [5.74, 6) is 0.668. The summed E-state index contributed by atoms with van der Waals surface area (Å²) in [6, 6.07) is 11.5. The number of sulfonamides is 1. The minimum atomic E-state index is -3.92. The molecule has 210 valence electrons. The Bertz CT molecular complexity index is 1390. The van der Waals surface area contributed by atoms with E-state index in [0.717, 1.165) is 51.4 Å². The molecule has 2 saturated carbocycles. The van der Waals surface area contributed by atoms with Gasteiger partial charge in [0.1, 0.15) is 11.9 Å². The van der Waals surface area contributed by atoms with E-state index in [1.165, 1.54) is 35.4 Å². The van der Waals surface area contributed by atoms with Crippen LogP contribution in [0.2, 0.25) is 0 Å². The molecule has 5 atom stereocenters. The molecule has 0 bridgehead atoms. The van der Waals surface area contributed by atoms with Crippen molar-refractivity contribution in [3.05, 3.63) is 59.2 Å². The fraction of sp³-hybridized carbons (Fsp3) is 0.548. The van der Waals surface area contributed by atoms with Gasteiger partial charge in [-0.1, -0.05) is 39.3 Å². The number of ether oxygens (including phenoxy) is 2. The van der Waals surface area contributed by atoms with Crippen LogP contribution in [-0.2, 0) is 26.0 Å². The van der Waals surface area contributed by atoms with Crippen molar-refractivity contribution in [1.82, 2.24) is 0 Å². The van der Waals surface area contributed by atoms with Gasteiger partial charge in [-0.05, 0) is 104 Å². The van der Waals surface area contributed by atoms with Crippen LogP contribution in [0.25, 0.3) is 0 Å². The van der Waals surface area contributed by atoms with Crippen molar-refractivity contribution in [2.75, 3.05) is 0 Å². The predicted octanol–water partition coefficient (Wildman–Crippen LogP) is 5.90. The van der Waals surface area contributed by atoms with Crippen LogP contribution in [0, 0.1) is 16.7 Å². The average Bonchev–Trinajstić information content (AvgIpc) is 3.23. The van der Waals surface area contributed by atoms with Crippen LogP contribution in [0.5, 0.6) is 5.75 Å². The standard InChI is InChI=1S/C31H39NO6S/c1-4-5-9-28(33)38-27-13-12-26-30(2)16-14-20-18-22(10-11-24(20)25(30)15-17-31(26,27)3)37-29(34)21-7-6-8-23(19-21)39(32,35)36/h6-8,10-11,18-19,25-27H,4-5,9,12-17H2,1-3H3,(H2,32,35,36)/t25-,26+,27+,30-,31+/m1/s1. The molecule has 0 aliphatic heterocycles. The largest absolute Gasteiger partial charge is 0.462 e. The summed E-state index contributed by atoms with van der Waals surface area (Å²) >= 11 is 0. The molecule has 3 aliphatic rings. The Morgan fingerprint density at radius 3 is 2.56 bits per heavy atom. The third-order valence-electron chi connectivity index (χ3n) is 9.85. The van der Waals surface area contributed by atoms with Gasteiger partial charge < -0.3 is 9.47 Å². The topological polar surface area (TPSA) is 113 Å². The maximum atomic E-state index is 12.8. The number of carbonyl (C=O) groups excluding carboxylic acids is 2. The van der Waals surface area contributed by atoms with Gasteiger partial charge in [0.2, 0.25) is 10.0 Å². The molecular formula is C31H39NO6S. The SMILES string of the molecule is CCCCC(=O)O[C@H]1CC[C@@H]2[C@]1(C)CC[C@@H]1c3ccc(OC(=O)c4cccc(S(N)(=O)=O)c4)cc3CC[C@@]21C. The van der Waals surface area contributed by atoms with Crippen LogP contribution in [-0.4, -0.2) is 26.5 Å². The molecule has 2 aromatic carbocycles. The summed E-state index contributed by atoms with van der Waals surface area (Å²) in [4.78, 5) is 25.1. The third-order valence-corrected chi connectivity index (χ3v) is 10.8. The van der Waals surface area contributed by atoms with Crippen molar-refractivity contribution >= 4 is 22.0 Å². The second kappa shape index (κ2) is 10.4. The zero-order chi connectivity index (χ0) is 28.0. The molecule has 2 aromatic rings. The second-order valence-corrected chi connectivity index (χ2v) is 13.7. The van der Waals surface area contributed by atoms with E-state index in [2.05, 4.69) is 26.8 Å². The monoisotopic (exact) mass is 553 g/mol. The van der Waals surface area contributed by atoms with E-state index < -0.39 is 16.0 Å². The molecular weight excluding hydrogens is 514 g/mol. The number of nitrogens with two attached hydrogens (primary N) is 1. The zero-order valence-corrected chi connectivity index (χ0v) is 23.9. The highest BCUT2D eigenvalue weighted by Gasteiger charge is 2.61. The molecule has 0 unspecified atom stereocenters.